The minimum atomic E-state index is -3.72. The minimum Gasteiger partial charge on any atom is -0.484 e. The van der Waals surface area contributed by atoms with Crippen LogP contribution in [-0.4, -0.2) is 27.0 Å². The first-order valence-corrected chi connectivity index (χ1v) is 11.2. The maximum atomic E-state index is 12.7. The summed E-state index contributed by atoms with van der Waals surface area (Å²) in [5.74, 6) is 0.284. The standard InChI is InChI=1S/C22H30N2O4S/c1-6-7-18(5)23-22(25)14-28-21-11-10-20(13-17(21)4)29(26,27)24-19-9-8-15(2)16(3)12-19/h8-13,18,24H,6-7,14H2,1-5H3,(H,23,25)/t18-/m1/s1. The molecular formula is C22H30N2O4S. The molecule has 0 aliphatic heterocycles. The smallest absolute Gasteiger partial charge is 0.261 e. The molecular weight excluding hydrogens is 388 g/mol. The zero-order valence-corrected chi connectivity index (χ0v) is 18.5. The SMILES string of the molecule is CCC[C@@H](C)NC(=O)COc1ccc(S(=O)(=O)Nc2ccc(C)c(C)c2)cc1C. The van der Waals surface area contributed by atoms with Gasteiger partial charge in [-0.3, -0.25) is 9.52 Å². The number of sulfonamides is 1. The molecule has 1 amide bonds. The van der Waals surface area contributed by atoms with Gasteiger partial charge in [-0.05, 0) is 81.1 Å². The van der Waals surface area contributed by atoms with E-state index in [2.05, 4.69) is 17.0 Å². The number of rotatable bonds is 9. The van der Waals surface area contributed by atoms with Gasteiger partial charge in [0.1, 0.15) is 5.75 Å². The summed E-state index contributed by atoms with van der Waals surface area (Å²) in [4.78, 5) is 12.1. The molecule has 2 rings (SSSR count). The van der Waals surface area contributed by atoms with E-state index < -0.39 is 10.0 Å². The lowest BCUT2D eigenvalue weighted by Crippen LogP contribution is -2.36. The van der Waals surface area contributed by atoms with Crippen molar-refractivity contribution in [3.8, 4) is 5.75 Å². The summed E-state index contributed by atoms with van der Waals surface area (Å²) in [5, 5.41) is 2.87. The molecule has 0 bridgehead atoms. The third kappa shape index (κ3) is 6.49. The number of carbonyl (C=O) groups is 1. The van der Waals surface area contributed by atoms with E-state index in [9.17, 15) is 13.2 Å². The Kier molecular flexibility index (Phi) is 7.67. The predicted octanol–water partition coefficient (Wildman–Crippen LogP) is 4.10. The zero-order valence-electron chi connectivity index (χ0n) is 17.7. The molecule has 2 N–H and O–H groups in total. The molecule has 0 aliphatic carbocycles. The highest BCUT2D eigenvalue weighted by molar-refractivity contribution is 7.92. The minimum absolute atomic E-state index is 0.0983. The molecule has 0 spiro atoms. The van der Waals surface area contributed by atoms with E-state index in [0.29, 0.717) is 17.0 Å². The fourth-order valence-electron chi connectivity index (χ4n) is 2.93. The molecule has 0 saturated heterocycles. The van der Waals surface area contributed by atoms with Crippen molar-refractivity contribution in [3.05, 3.63) is 53.1 Å². The molecule has 29 heavy (non-hydrogen) atoms. The van der Waals surface area contributed by atoms with Crippen molar-refractivity contribution in [2.24, 2.45) is 0 Å². The van der Waals surface area contributed by atoms with Gasteiger partial charge in [0.15, 0.2) is 6.61 Å². The topological polar surface area (TPSA) is 84.5 Å². The number of carbonyl (C=O) groups excluding carboxylic acids is 1. The van der Waals surface area contributed by atoms with Gasteiger partial charge in [-0.1, -0.05) is 19.4 Å². The quantitative estimate of drug-likeness (QED) is 0.642. The Balaban J connectivity index is 2.05. The molecule has 7 heteroatoms. The van der Waals surface area contributed by atoms with Crippen molar-refractivity contribution < 1.29 is 17.9 Å². The fourth-order valence-corrected chi connectivity index (χ4v) is 4.07. The maximum absolute atomic E-state index is 12.7. The number of anilines is 1. The van der Waals surface area contributed by atoms with Crippen LogP contribution >= 0.6 is 0 Å². The van der Waals surface area contributed by atoms with Crippen LogP contribution in [0.2, 0.25) is 0 Å². The van der Waals surface area contributed by atoms with Crippen LogP contribution in [0, 0.1) is 20.8 Å². The second-order valence-electron chi connectivity index (χ2n) is 7.38. The van der Waals surface area contributed by atoms with Gasteiger partial charge in [-0.2, -0.15) is 0 Å². The van der Waals surface area contributed by atoms with Crippen molar-refractivity contribution >= 4 is 21.6 Å². The van der Waals surface area contributed by atoms with Crippen molar-refractivity contribution in [1.82, 2.24) is 5.32 Å². The first kappa shape index (κ1) is 22.7. The van der Waals surface area contributed by atoms with E-state index >= 15 is 0 Å². The average Bonchev–Trinajstić information content (AvgIpc) is 2.63. The van der Waals surface area contributed by atoms with Crippen LogP contribution in [0.15, 0.2) is 41.3 Å². The molecule has 1 atom stereocenters. The van der Waals surface area contributed by atoms with Crippen LogP contribution in [0.4, 0.5) is 5.69 Å². The third-order valence-electron chi connectivity index (χ3n) is 4.70. The molecule has 0 unspecified atom stereocenters. The average molecular weight is 419 g/mol. The highest BCUT2D eigenvalue weighted by Gasteiger charge is 2.17. The van der Waals surface area contributed by atoms with E-state index in [4.69, 9.17) is 4.74 Å². The number of nitrogens with one attached hydrogen (secondary N) is 2. The van der Waals surface area contributed by atoms with Crippen molar-refractivity contribution in [2.75, 3.05) is 11.3 Å². The molecule has 0 aliphatic rings. The number of hydrogen-bond acceptors (Lipinski definition) is 4. The van der Waals surface area contributed by atoms with Crippen LogP contribution in [0.3, 0.4) is 0 Å². The monoisotopic (exact) mass is 418 g/mol. The maximum Gasteiger partial charge on any atom is 0.261 e. The molecule has 0 saturated carbocycles. The number of hydrogen-bond donors (Lipinski definition) is 2. The second kappa shape index (κ2) is 9.78. The van der Waals surface area contributed by atoms with E-state index in [0.717, 1.165) is 24.0 Å². The number of amides is 1. The van der Waals surface area contributed by atoms with Gasteiger partial charge in [-0.15, -0.1) is 0 Å². The summed E-state index contributed by atoms with van der Waals surface area (Å²) in [7, 11) is -3.72. The first-order valence-electron chi connectivity index (χ1n) is 9.75. The van der Waals surface area contributed by atoms with Crippen molar-refractivity contribution in [1.29, 1.82) is 0 Å². The second-order valence-corrected chi connectivity index (χ2v) is 9.06. The van der Waals surface area contributed by atoms with Gasteiger partial charge in [-0.25, -0.2) is 8.42 Å². The van der Waals surface area contributed by atoms with Gasteiger partial charge in [0.25, 0.3) is 15.9 Å². The predicted molar refractivity (Wildman–Crippen MR) is 116 cm³/mol. The first-order chi connectivity index (χ1) is 13.6. The Morgan fingerprint density at radius 3 is 2.38 bits per heavy atom. The highest BCUT2D eigenvalue weighted by atomic mass is 32.2. The van der Waals surface area contributed by atoms with Gasteiger partial charge < -0.3 is 10.1 Å². The van der Waals surface area contributed by atoms with E-state index in [1.54, 1.807) is 25.1 Å². The van der Waals surface area contributed by atoms with Crippen molar-refractivity contribution in [3.63, 3.8) is 0 Å². The zero-order chi connectivity index (χ0) is 21.6. The summed E-state index contributed by atoms with van der Waals surface area (Å²) in [6, 6.07) is 10.1. The number of aryl methyl sites for hydroxylation is 3. The summed E-state index contributed by atoms with van der Waals surface area (Å²) in [5.41, 5.74) is 3.27. The van der Waals surface area contributed by atoms with Crippen molar-refractivity contribution in [2.45, 2.75) is 58.4 Å². The Labute approximate surface area is 173 Å². The van der Waals surface area contributed by atoms with Gasteiger partial charge in [0, 0.05) is 11.7 Å². The molecule has 0 aromatic heterocycles. The Morgan fingerprint density at radius 2 is 1.76 bits per heavy atom. The molecule has 2 aromatic rings. The summed E-state index contributed by atoms with van der Waals surface area (Å²) >= 11 is 0. The largest absolute Gasteiger partial charge is 0.484 e. The molecule has 2 aromatic carbocycles. The summed E-state index contributed by atoms with van der Waals surface area (Å²) < 4.78 is 33.6. The summed E-state index contributed by atoms with van der Waals surface area (Å²) in [6.45, 7) is 9.56. The van der Waals surface area contributed by atoms with Crippen LogP contribution < -0.4 is 14.8 Å². The Morgan fingerprint density at radius 1 is 1.03 bits per heavy atom. The van der Waals surface area contributed by atoms with Gasteiger partial charge >= 0.3 is 0 Å². The van der Waals surface area contributed by atoms with E-state index in [-0.39, 0.29) is 23.5 Å². The molecule has 0 fully saturated rings. The molecule has 6 nitrogen and oxygen atoms in total. The Bertz CT molecular complexity index is 971. The highest BCUT2D eigenvalue weighted by Crippen LogP contribution is 2.24. The van der Waals surface area contributed by atoms with Crippen LogP contribution in [0.1, 0.15) is 43.4 Å². The van der Waals surface area contributed by atoms with Crippen LogP contribution in [0.25, 0.3) is 0 Å². The van der Waals surface area contributed by atoms with E-state index in [1.807, 2.05) is 26.8 Å². The van der Waals surface area contributed by atoms with Crippen LogP contribution in [-0.2, 0) is 14.8 Å². The lowest BCUT2D eigenvalue weighted by atomic mass is 10.1. The molecule has 0 radical (unpaired) electrons. The Hall–Kier alpha value is -2.54. The van der Waals surface area contributed by atoms with Gasteiger partial charge in [0.2, 0.25) is 0 Å². The summed E-state index contributed by atoms with van der Waals surface area (Å²) in [6.07, 6.45) is 1.90. The van der Waals surface area contributed by atoms with Gasteiger partial charge in [0.05, 0.1) is 4.90 Å². The number of benzene rings is 2. The van der Waals surface area contributed by atoms with E-state index in [1.165, 1.54) is 12.1 Å². The normalized spacial score (nSPS) is 12.3. The van der Waals surface area contributed by atoms with Crippen LogP contribution in [0.5, 0.6) is 5.75 Å². The lowest BCUT2D eigenvalue weighted by molar-refractivity contribution is -0.123. The fraction of sp³-hybridized carbons (Fsp3) is 0.409. The number of ether oxygens (including phenoxy) is 1. The molecule has 158 valence electrons. The molecule has 0 heterocycles. The third-order valence-corrected chi connectivity index (χ3v) is 6.08. The lowest BCUT2D eigenvalue weighted by Gasteiger charge is -2.15.